The minimum atomic E-state index is -0.221. The topological polar surface area (TPSA) is 42.7 Å². The average molecular weight is 410 g/mol. The molecule has 0 amide bonds. The number of hydrogen-bond donors (Lipinski definition) is 0. The first-order chi connectivity index (χ1) is 13.8. The Balaban J connectivity index is 1.59. The van der Waals surface area contributed by atoms with E-state index in [4.69, 9.17) is 20.8 Å². The molecule has 0 spiro atoms. The van der Waals surface area contributed by atoms with E-state index in [1.54, 1.807) is 0 Å². The van der Waals surface area contributed by atoms with Gasteiger partial charge >= 0.3 is 5.63 Å². The Kier molecular flexibility index (Phi) is 4.18. The Morgan fingerprint density at radius 3 is 2.48 bits per heavy atom. The third kappa shape index (κ3) is 3.01. The summed E-state index contributed by atoms with van der Waals surface area (Å²) in [6.07, 6.45) is 2.66. The van der Waals surface area contributed by atoms with Gasteiger partial charge in [-0.05, 0) is 54.0 Å². The molecule has 0 bridgehead atoms. The third-order valence-corrected chi connectivity index (χ3v) is 6.36. The zero-order valence-corrected chi connectivity index (χ0v) is 17.7. The van der Waals surface area contributed by atoms with Crippen molar-refractivity contribution in [2.24, 2.45) is 0 Å². The highest BCUT2D eigenvalue weighted by molar-refractivity contribution is 6.33. The normalized spacial score (nSPS) is 15.9. The summed E-state index contributed by atoms with van der Waals surface area (Å²) in [6.45, 7) is 7.61. The fourth-order valence-corrected chi connectivity index (χ4v) is 4.72. The molecule has 0 radical (unpaired) electrons. The molecule has 2 aromatic carbocycles. The molecule has 0 saturated carbocycles. The number of benzene rings is 2. The first-order valence-electron chi connectivity index (χ1n) is 10.1. The molecule has 0 atom stereocenters. The summed E-state index contributed by atoms with van der Waals surface area (Å²) < 4.78 is 11.8. The van der Waals surface area contributed by atoms with Crippen LogP contribution in [0.1, 0.15) is 49.4 Å². The number of fused-ring (bicyclic) bond motifs is 5. The third-order valence-electron chi connectivity index (χ3n) is 6.08. The van der Waals surface area contributed by atoms with Gasteiger partial charge in [0.15, 0.2) is 6.73 Å². The van der Waals surface area contributed by atoms with Crippen LogP contribution in [0.25, 0.3) is 11.0 Å². The molecule has 29 heavy (non-hydrogen) atoms. The molecule has 0 N–H and O–H groups in total. The lowest BCUT2D eigenvalue weighted by Gasteiger charge is -2.32. The number of rotatable bonds is 1. The summed E-state index contributed by atoms with van der Waals surface area (Å²) in [5, 5.41) is 1.53. The van der Waals surface area contributed by atoms with E-state index in [1.807, 2.05) is 6.07 Å². The van der Waals surface area contributed by atoms with E-state index in [0.717, 1.165) is 47.0 Å². The van der Waals surface area contributed by atoms with Crippen LogP contribution in [0.3, 0.4) is 0 Å². The van der Waals surface area contributed by atoms with Crippen LogP contribution < -0.4 is 15.3 Å². The van der Waals surface area contributed by atoms with E-state index in [9.17, 15) is 4.79 Å². The first kappa shape index (κ1) is 18.6. The Morgan fingerprint density at radius 2 is 1.76 bits per heavy atom. The number of hydrogen-bond acceptors (Lipinski definition) is 4. The van der Waals surface area contributed by atoms with Gasteiger partial charge in [0.1, 0.15) is 11.3 Å². The van der Waals surface area contributed by atoms with Crippen molar-refractivity contribution >= 4 is 28.3 Å². The predicted octanol–water partition coefficient (Wildman–Crippen LogP) is 5.59. The van der Waals surface area contributed by atoms with Crippen molar-refractivity contribution in [3.05, 3.63) is 68.0 Å². The summed E-state index contributed by atoms with van der Waals surface area (Å²) in [5.41, 5.74) is 5.61. The molecule has 5 rings (SSSR count). The second-order valence-electron chi connectivity index (χ2n) is 9.01. The lowest BCUT2D eigenvalue weighted by molar-refractivity contribution is 0.289. The van der Waals surface area contributed by atoms with Crippen molar-refractivity contribution in [3.8, 4) is 5.75 Å². The number of nitrogens with zero attached hydrogens (tertiary/aromatic N) is 1. The molecule has 0 saturated heterocycles. The van der Waals surface area contributed by atoms with E-state index in [1.165, 1.54) is 5.56 Å². The van der Waals surface area contributed by atoms with Crippen molar-refractivity contribution in [3.63, 3.8) is 0 Å². The maximum absolute atomic E-state index is 12.5. The number of aryl methyl sites for hydroxylation is 1. The van der Waals surface area contributed by atoms with Crippen molar-refractivity contribution in [2.75, 3.05) is 11.6 Å². The summed E-state index contributed by atoms with van der Waals surface area (Å²) in [5.74, 6) is 0.628. The molecular formula is C24H24ClNO3. The van der Waals surface area contributed by atoms with Crippen LogP contribution in [-0.4, -0.2) is 6.73 Å². The highest BCUT2D eigenvalue weighted by atomic mass is 35.5. The second-order valence-corrected chi connectivity index (χ2v) is 9.42. The molecule has 5 heteroatoms. The monoisotopic (exact) mass is 409 g/mol. The highest BCUT2D eigenvalue weighted by Crippen LogP contribution is 2.42. The van der Waals surface area contributed by atoms with Crippen molar-refractivity contribution in [1.82, 2.24) is 0 Å². The molecule has 1 aromatic heterocycles. The number of halogens is 1. The standard InChI is InChI=1S/C24H24ClNO3/c1-24(2,3)14-7-9-15(10-8-14)26-12-19-21-18(11-20(25)22(19)28-13-26)16-5-4-6-17(16)23(27)29-21/h7-11H,4-6,12-13H2,1-3H3. The molecule has 4 nitrogen and oxygen atoms in total. The maximum Gasteiger partial charge on any atom is 0.339 e. The van der Waals surface area contributed by atoms with Crippen LogP contribution in [0, 0.1) is 0 Å². The summed E-state index contributed by atoms with van der Waals surface area (Å²) >= 11 is 6.56. The van der Waals surface area contributed by atoms with Gasteiger partial charge in [-0.2, -0.15) is 0 Å². The summed E-state index contributed by atoms with van der Waals surface area (Å²) in [6, 6.07) is 10.5. The molecule has 150 valence electrons. The smallest absolute Gasteiger partial charge is 0.339 e. The Labute approximate surface area is 175 Å². The van der Waals surface area contributed by atoms with Gasteiger partial charge in [0.05, 0.1) is 17.1 Å². The fourth-order valence-electron chi connectivity index (χ4n) is 4.45. The molecule has 3 aromatic rings. The van der Waals surface area contributed by atoms with Crippen LogP contribution in [-0.2, 0) is 24.8 Å². The van der Waals surface area contributed by atoms with Gasteiger partial charge in [-0.25, -0.2) is 4.79 Å². The predicted molar refractivity (Wildman–Crippen MR) is 116 cm³/mol. The molecular weight excluding hydrogens is 386 g/mol. The number of ether oxygens (including phenoxy) is 1. The quantitative estimate of drug-likeness (QED) is 0.491. The Morgan fingerprint density at radius 1 is 1.03 bits per heavy atom. The molecule has 2 heterocycles. The van der Waals surface area contributed by atoms with Crippen molar-refractivity contribution in [1.29, 1.82) is 0 Å². The lowest BCUT2D eigenvalue weighted by atomic mass is 9.87. The lowest BCUT2D eigenvalue weighted by Crippen LogP contribution is -2.32. The van der Waals surface area contributed by atoms with Crippen LogP contribution in [0.15, 0.2) is 39.5 Å². The molecule has 0 fully saturated rings. The molecule has 1 aliphatic heterocycles. The van der Waals surface area contributed by atoms with E-state index >= 15 is 0 Å². The number of anilines is 1. The van der Waals surface area contributed by atoms with Gasteiger partial charge in [-0.3, -0.25) is 0 Å². The molecule has 1 aliphatic carbocycles. The van der Waals surface area contributed by atoms with Gasteiger partial charge in [0, 0.05) is 16.6 Å². The minimum Gasteiger partial charge on any atom is -0.471 e. The van der Waals surface area contributed by atoms with Crippen LogP contribution >= 0.6 is 11.6 Å². The zero-order chi connectivity index (χ0) is 20.3. The minimum absolute atomic E-state index is 0.108. The highest BCUT2D eigenvalue weighted by Gasteiger charge is 2.28. The maximum atomic E-state index is 12.5. The van der Waals surface area contributed by atoms with Gasteiger partial charge in [0.25, 0.3) is 0 Å². The largest absolute Gasteiger partial charge is 0.471 e. The molecule has 0 unspecified atom stereocenters. The Hall–Kier alpha value is -2.46. The van der Waals surface area contributed by atoms with E-state index < -0.39 is 0 Å². The van der Waals surface area contributed by atoms with Gasteiger partial charge in [-0.1, -0.05) is 44.5 Å². The molecule has 2 aliphatic rings. The second kappa shape index (κ2) is 6.53. The fraction of sp³-hybridized carbons (Fsp3) is 0.375. The van der Waals surface area contributed by atoms with Crippen LogP contribution in [0.5, 0.6) is 5.75 Å². The van der Waals surface area contributed by atoms with Crippen molar-refractivity contribution < 1.29 is 9.15 Å². The van der Waals surface area contributed by atoms with Gasteiger partial charge < -0.3 is 14.1 Å². The van der Waals surface area contributed by atoms with E-state index in [-0.39, 0.29) is 11.0 Å². The van der Waals surface area contributed by atoms with E-state index in [0.29, 0.717) is 29.6 Å². The average Bonchev–Trinajstić information content (AvgIpc) is 3.19. The van der Waals surface area contributed by atoms with Crippen molar-refractivity contribution in [2.45, 2.75) is 52.0 Å². The Bertz CT molecular complexity index is 1170. The zero-order valence-electron chi connectivity index (χ0n) is 17.0. The van der Waals surface area contributed by atoms with Gasteiger partial charge in [0.2, 0.25) is 0 Å². The van der Waals surface area contributed by atoms with E-state index in [2.05, 4.69) is 49.9 Å². The summed E-state index contributed by atoms with van der Waals surface area (Å²) in [7, 11) is 0. The van der Waals surface area contributed by atoms with Gasteiger partial charge in [-0.15, -0.1) is 0 Å². The van der Waals surface area contributed by atoms with Crippen LogP contribution in [0.2, 0.25) is 5.02 Å². The van der Waals surface area contributed by atoms with Crippen LogP contribution in [0.4, 0.5) is 5.69 Å². The first-order valence-corrected chi connectivity index (χ1v) is 10.5. The summed E-state index contributed by atoms with van der Waals surface area (Å²) in [4.78, 5) is 14.7. The SMILES string of the molecule is CC(C)(C)c1ccc(N2COc3c(Cl)cc4c5c(c(=O)oc4c3C2)CCC5)cc1.